The summed E-state index contributed by atoms with van der Waals surface area (Å²) in [5, 5.41) is 3.29. The number of aliphatic imine (C=N–C) groups is 1. The molecule has 0 amide bonds. The van der Waals surface area contributed by atoms with Crippen LogP contribution in [0.25, 0.3) is 0 Å². The van der Waals surface area contributed by atoms with Crippen molar-refractivity contribution >= 4 is 28.7 Å². The molecule has 0 aromatic heterocycles. The number of carbonyl (C=O) groups is 2. The maximum absolute atomic E-state index is 13.7. The van der Waals surface area contributed by atoms with Crippen molar-refractivity contribution in [1.29, 1.82) is 0 Å². The second-order valence-corrected chi connectivity index (χ2v) is 8.20. The highest BCUT2D eigenvalue weighted by atomic mass is 16.1. The smallest absolute Gasteiger partial charge is 0.209 e. The predicted molar refractivity (Wildman–Crippen MR) is 138 cm³/mol. The van der Waals surface area contributed by atoms with Crippen LogP contribution in [0.4, 0.5) is 11.4 Å². The third-order valence-electron chi connectivity index (χ3n) is 5.51. The molecule has 0 saturated carbocycles. The van der Waals surface area contributed by atoms with Gasteiger partial charge in [-0.3, -0.25) is 9.59 Å². The molecule has 1 N–H and O–H groups in total. The highest BCUT2D eigenvalue weighted by Gasteiger charge is 2.31. The van der Waals surface area contributed by atoms with Crippen LogP contribution in [0.15, 0.2) is 114 Å². The van der Waals surface area contributed by atoms with Gasteiger partial charge in [-0.2, -0.15) is 0 Å². The summed E-state index contributed by atoms with van der Waals surface area (Å²) >= 11 is 0. The molecule has 0 heterocycles. The summed E-state index contributed by atoms with van der Waals surface area (Å²) in [4.78, 5) is 32.2. The third kappa shape index (κ3) is 5.54. The van der Waals surface area contributed by atoms with Gasteiger partial charge in [0.25, 0.3) is 0 Å². The van der Waals surface area contributed by atoms with Crippen LogP contribution < -0.4 is 5.32 Å². The number of hydrogen-bond acceptors (Lipinski definition) is 4. The topological polar surface area (TPSA) is 58.5 Å². The van der Waals surface area contributed by atoms with Crippen LogP contribution in [0.3, 0.4) is 0 Å². The molecule has 4 heteroatoms. The normalized spacial score (nSPS) is 12.1. The molecular formula is C30H26N2O2. The molecule has 4 rings (SSSR count). The van der Waals surface area contributed by atoms with Crippen LogP contribution in [0.2, 0.25) is 0 Å². The number of nitrogens with zero attached hydrogens (tertiary/aromatic N) is 1. The number of Topliss-reactive ketones (excluding diaryl/α,β-unsaturated/α-hetero) is 2. The lowest BCUT2D eigenvalue weighted by Gasteiger charge is -2.21. The van der Waals surface area contributed by atoms with Crippen LogP contribution in [-0.4, -0.2) is 23.3 Å². The van der Waals surface area contributed by atoms with Crippen molar-refractivity contribution in [2.75, 3.05) is 5.32 Å². The van der Waals surface area contributed by atoms with Gasteiger partial charge >= 0.3 is 0 Å². The Morgan fingerprint density at radius 2 is 1.15 bits per heavy atom. The summed E-state index contributed by atoms with van der Waals surface area (Å²) in [6.07, 6.45) is 0. The third-order valence-corrected chi connectivity index (χ3v) is 5.51. The summed E-state index contributed by atoms with van der Waals surface area (Å²) in [7, 11) is 0. The molecule has 4 aromatic carbocycles. The summed E-state index contributed by atoms with van der Waals surface area (Å²) < 4.78 is 0. The Morgan fingerprint density at radius 1 is 0.647 bits per heavy atom. The van der Waals surface area contributed by atoms with E-state index in [1.54, 1.807) is 36.4 Å². The average Bonchev–Trinajstić information content (AvgIpc) is 2.88. The Bertz CT molecular complexity index is 1290. The van der Waals surface area contributed by atoms with E-state index in [-0.39, 0.29) is 17.3 Å². The largest absolute Gasteiger partial charge is 0.370 e. The minimum Gasteiger partial charge on any atom is -0.370 e. The molecule has 0 saturated heterocycles. The number of benzene rings is 4. The van der Waals surface area contributed by atoms with Gasteiger partial charge in [-0.25, -0.2) is 4.99 Å². The van der Waals surface area contributed by atoms with E-state index in [0.29, 0.717) is 16.8 Å². The number of rotatable bonds is 8. The van der Waals surface area contributed by atoms with E-state index in [4.69, 9.17) is 4.99 Å². The molecule has 4 nitrogen and oxygen atoms in total. The van der Waals surface area contributed by atoms with E-state index >= 15 is 0 Å². The number of hydrogen-bond donors (Lipinski definition) is 1. The lowest BCUT2D eigenvalue weighted by Crippen LogP contribution is -2.42. The van der Waals surface area contributed by atoms with Crippen molar-refractivity contribution < 1.29 is 9.59 Å². The number of nitrogens with one attached hydrogen (secondary N) is 1. The zero-order valence-electron chi connectivity index (χ0n) is 19.2. The molecule has 34 heavy (non-hydrogen) atoms. The van der Waals surface area contributed by atoms with Crippen molar-refractivity contribution in [3.05, 3.63) is 131 Å². The fourth-order valence-corrected chi connectivity index (χ4v) is 3.59. The van der Waals surface area contributed by atoms with Crippen LogP contribution in [0.1, 0.15) is 31.8 Å². The quantitative estimate of drug-likeness (QED) is 0.244. The molecule has 0 fully saturated rings. The van der Waals surface area contributed by atoms with Crippen molar-refractivity contribution in [1.82, 2.24) is 0 Å². The molecular weight excluding hydrogens is 420 g/mol. The zero-order valence-corrected chi connectivity index (χ0v) is 19.2. The van der Waals surface area contributed by atoms with E-state index in [2.05, 4.69) is 5.32 Å². The second-order valence-electron chi connectivity index (χ2n) is 8.20. The molecule has 0 aliphatic heterocycles. The molecule has 4 aromatic rings. The van der Waals surface area contributed by atoms with Crippen molar-refractivity contribution in [2.24, 2.45) is 4.99 Å². The Morgan fingerprint density at radius 3 is 1.71 bits per heavy atom. The minimum absolute atomic E-state index is 0.143. The minimum atomic E-state index is -0.973. The molecule has 1 atom stereocenters. The molecule has 0 radical (unpaired) electrons. The molecule has 0 aliphatic carbocycles. The first-order chi connectivity index (χ1) is 16.5. The fraction of sp³-hybridized carbons (Fsp3) is 0.100. The van der Waals surface area contributed by atoms with Gasteiger partial charge in [0, 0.05) is 16.8 Å². The van der Waals surface area contributed by atoms with Gasteiger partial charge in [0.15, 0.2) is 5.78 Å². The van der Waals surface area contributed by atoms with Gasteiger partial charge in [0.1, 0.15) is 11.8 Å². The Balaban J connectivity index is 1.85. The lowest BCUT2D eigenvalue weighted by atomic mass is 9.94. The number of anilines is 1. The summed E-state index contributed by atoms with van der Waals surface area (Å²) in [6, 6.07) is 32.2. The van der Waals surface area contributed by atoms with Gasteiger partial charge in [0.05, 0.1) is 5.69 Å². The maximum Gasteiger partial charge on any atom is 0.209 e. The van der Waals surface area contributed by atoms with Crippen LogP contribution in [-0.2, 0) is 0 Å². The SMILES string of the molecule is Cc1ccc(N=C(C(=O)c2ccccc2)[C@@H](Nc2ccc(C)cc2)C(=O)c2ccccc2)cc1. The Kier molecular flexibility index (Phi) is 7.09. The second kappa shape index (κ2) is 10.5. The van der Waals surface area contributed by atoms with Gasteiger partial charge in [-0.05, 0) is 38.1 Å². The van der Waals surface area contributed by atoms with E-state index in [1.165, 1.54) is 0 Å². The molecule has 0 unspecified atom stereocenters. The summed E-state index contributed by atoms with van der Waals surface area (Å²) in [5.74, 6) is -0.522. The predicted octanol–water partition coefficient (Wildman–Crippen LogP) is 6.62. The van der Waals surface area contributed by atoms with E-state index in [1.807, 2.05) is 86.6 Å². The first kappa shape index (κ1) is 22.9. The molecule has 0 spiro atoms. The molecule has 168 valence electrons. The standard InChI is InChI=1S/C30H26N2O2/c1-21-13-17-25(18-14-21)31-27(29(33)23-9-5-3-6-10-23)28(30(34)24-11-7-4-8-12-24)32-26-19-15-22(2)16-20-26/h3-20,27,31H,1-2H3/t27-/m1/s1. The first-order valence-corrected chi connectivity index (χ1v) is 11.2. The Hall–Kier alpha value is -4.31. The highest BCUT2D eigenvalue weighted by Crippen LogP contribution is 2.20. The van der Waals surface area contributed by atoms with Gasteiger partial charge in [0.2, 0.25) is 5.78 Å². The number of ketones is 2. The summed E-state index contributed by atoms with van der Waals surface area (Å²) in [5.41, 5.74) is 4.66. The maximum atomic E-state index is 13.7. The van der Waals surface area contributed by atoms with Gasteiger partial charge in [-0.15, -0.1) is 0 Å². The van der Waals surface area contributed by atoms with Crippen molar-refractivity contribution in [3.63, 3.8) is 0 Å². The zero-order chi connectivity index (χ0) is 23.9. The van der Waals surface area contributed by atoms with E-state index < -0.39 is 6.04 Å². The fourth-order valence-electron chi connectivity index (χ4n) is 3.59. The summed E-state index contributed by atoms with van der Waals surface area (Å²) in [6.45, 7) is 3.99. The van der Waals surface area contributed by atoms with Gasteiger partial charge in [-0.1, -0.05) is 96.1 Å². The van der Waals surface area contributed by atoms with E-state index in [9.17, 15) is 9.59 Å². The average molecular weight is 447 g/mol. The first-order valence-electron chi connectivity index (χ1n) is 11.2. The van der Waals surface area contributed by atoms with Crippen molar-refractivity contribution in [3.8, 4) is 0 Å². The lowest BCUT2D eigenvalue weighted by molar-refractivity contribution is 0.0975. The number of aryl methyl sites for hydroxylation is 2. The van der Waals surface area contributed by atoms with Crippen LogP contribution in [0, 0.1) is 13.8 Å². The van der Waals surface area contributed by atoms with Crippen LogP contribution in [0.5, 0.6) is 0 Å². The Labute approximate surface area is 200 Å². The highest BCUT2D eigenvalue weighted by molar-refractivity contribution is 6.52. The molecule has 0 aliphatic rings. The van der Waals surface area contributed by atoms with E-state index in [0.717, 1.165) is 16.8 Å². The molecule has 0 bridgehead atoms. The van der Waals surface area contributed by atoms with Crippen molar-refractivity contribution in [2.45, 2.75) is 19.9 Å². The number of carbonyl (C=O) groups excluding carboxylic acids is 2. The monoisotopic (exact) mass is 446 g/mol. The van der Waals surface area contributed by atoms with Gasteiger partial charge < -0.3 is 5.32 Å². The van der Waals surface area contributed by atoms with Crippen LogP contribution >= 0.6 is 0 Å².